The summed E-state index contributed by atoms with van der Waals surface area (Å²) in [7, 11) is 0. The minimum atomic E-state index is 0.0105. The quantitative estimate of drug-likeness (QED) is 0.866. The highest BCUT2D eigenvalue weighted by Gasteiger charge is 2.19. The number of aromatic nitrogens is 2. The standard InChI is InChI=1S/C19H24N4/c1-11-7-12(2)17-15(8-11)14(4)21-18(23-17)22-16-10-19(5,6)9-13(3)20-16/h7-10,20H,1-6H3,(H,21,22,23). The summed E-state index contributed by atoms with van der Waals surface area (Å²) in [5.41, 5.74) is 5.55. The number of hydrogen-bond donors (Lipinski definition) is 2. The van der Waals surface area contributed by atoms with E-state index in [1.165, 1.54) is 11.1 Å². The Hall–Kier alpha value is -2.36. The van der Waals surface area contributed by atoms with Gasteiger partial charge in [-0.1, -0.05) is 31.6 Å². The Balaban J connectivity index is 2.00. The Morgan fingerprint density at radius 2 is 1.74 bits per heavy atom. The zero-order chi connectivity index (χ0) is 16.8. The number of hydrogen-bond acceptors (Lipinski definition) is 4. The van der Waals surface area contributed by atoms with E-state index in [1.807, 2.05) is 6.92 Å². The predicted octanol–water partition coefficient (Wildman–Crippen LogP) is 4.34. The maximum atomic E-state index is 4.72. The fourth-order valence-corrected chi connectivity index (χ4v) is 3.23. The van der Waals surface area contributed by atoms with Gasteiger partial charge in [0.05, 0.1) is 11.2 Å². The summed E-state index contributed by atoms with van der Waals surface area (Å²) in [6.07, 6.45) is 4.36. The maximum Gasteiger partial charge on any atom is 0.229 e. The molecule has 120 valence electrons. The van der Waals surface area contributed by atoms with Crippen molar-refractivity contribution in [3.8, 4) is 0 Å². The molecule has 2 N–H and O–H groups in total. The van der Waals surface area contributed by atoms with E-state index >= 15 is 0 Å². The van der Waals surface area contributed by atoms with Gasteiger partial charge in [-0.05, 0) is 45.4 Å². The second kappa shape index (κ2) is 5.37. The first-order valence-corrected chi connectivity index (χ1v) is 7.95. The molecule has 4 nitrogen and oxygen atoms in total. The molecule has 0 unspecified atom stereocenters. The van der Waals surface area contributed by atoms with Gasteiger partial charge in [-0.3, -0.25) is 0 Å². The van der Waals surface area contributed by atoms with Crippen LogP contribution in [0.2, 0.25) is 0 Å². The summed E-state index contributed by atoms with van der Waals surface area (Å²) >= 11 is 0. The molecule has 0 saturated heterocycles. The molecule has 1 aliphatic heterocycles. The Morgan fingerprint density at radius 3 is 2.43 bits per heavy atom. The highest BCUT2D eigenvalue weighted by atomic mass is 15.2. The topological polar surface area (TPSA) is 49.8 Å². The molecule has 23 heavy (non-hydrogen) atoms. The van der Waals surface area contributed by atoms with Gasteiger partial charge < -0.3 is 10.6 Å². The monoisotopic (exact) mass is 308 g/mol. The second-order valence-electron chi connectivity index (χ2n) is 7.07. The third-order valence-electron chi connectivity index (χ3n) is 4.01. The van der Waals surface area contributed by atoms with Crippen LogP contribution in [0.5, 0.6) is 0 Å². The fourth-order valence-electron chi connectivity index (χ4n) is 3.23. The Bertz CT molecular complexity index is 844. The van der Waals surface area contributed by atoms with Crippen molar-refractivity contribution in [2.75, 3.05) is 5.32 Å². The zero-order valence-electron chi connectivity index (χ0n) is 14.7. The van der Waals surface area contributed by atoms with E-state index in [4.69, 9.17) is 4.98 Å². The van der Waals surface area contributed by atoms with Crippen molar-refractivity contribution >= 4 is 16.9 Å². The van der Waals surface area contributed by atoms with Crippen molar-refractivity contribution in [2.45, 2.75) is 41.5 Å². The summed E-state index contributed by atoms with van der Waals surface area (Å²) in [6, 6.07) is 4.31. The third-order valence-corrected chi connectivity index (χ3v) is 4.01. The molecule has 0 radical (unpaired) electrons. The summed E-state index contributed by atoms with van der Waals surface area (Å²) in [4.78, 5) is 9.35. The van der Waals surface area contributed by atoms with Crippen molar-refractivity contribution < 1.29 is 0 Å². The Kier molecular flexibility index (Phi) is 3.63. The third kappa shape index (κ3) is 3.21. The molecule has 2 aromatic rings. The van der Waals surface area contributed by atoms with E-state index in [-0.39, 0.29) is 5.41 Å². The lowest BCUT2D eigenvalue weighted by Gasteiger charge is -2.26. The first-order chi connectivity index (χ1) is 10.7. The highest BCUT2D eigenvalue weighted by Crippen LogP contribution is 2.27. The first kappa shape index (κ1) is 15.5. The largest absolute Gasteiger partial charge is 0.346 e. The smallest absolute Gasteiger partial charge is 0.229 e. The summed E-state index contributed by atoms with van der Waals surface area (Å²) in [5.74, 6) is 1.56. The molecule has 3 rings (SSSR count). The second-order valence-corrected chi connectivity index (χ2v) is 7.07. The van der Waals surface area contributed by atoms with Gasteiger partial charge in [0.2, 0.25) is 5.95 Å². The Morgan fingerprint density at radius 1 is 1.00 bits per heavy atom. The molecule has 2 heterocycles. The first-order valence-electron chi connectivity index (χ1n) is 7.95. The molecule has 1 aromatic heterocycles. The summed E-state index contributed by atoms with van der Waals surface area (Å²) in [5, 5.41) is 7.79. The van der Waals surface area contributed by atoms with Crippen molar-refractivity contribution in [3.63, 3.8) is 0 Å². The number of allylic oxidation sites excluding steroid dienone is 3. The molecule has 0 fully saturated rings. The molecule has 0 aliphatic carbocycles. The number of nitrogens with zero attached hydrogens (tertiary/aromatic N) is 2. The lowest BCUT2D eigenvalue weighted by Crippen LogP contribution is -2.26. The lowest BCUT2D eigenvalue weighted by atomic mass is 9.90. The minimum absolute atomic E-state index is 0.0105. The van der Waals surface area contributed by atoms with Crippen LogP contribution in [0.3, 0.4) is 0 Å². The van der Waals surface area contributed by atoms with Crippen LogP contribution in [-0.4, -0.2) is 9.97 Å². The van der Waals surface area contributed by atoms with Gasteiger partial charge >= 0.3 is 0 Å². The van der Waals surface area contributed by atoms with E-state index in [2.05, 4.69) is 74.5 Å². The van der Waals surface area contributed by atoms with E-state index in [1.54, 1.807) is 0 Å². The Labute approximate surface area is 137 Å². The molecule has 1 aliphatic rings. The number of anilines is 1. The van der Waals surface area contributed by atoms with Gasteiger partial charge in [-0.25, -0.2) is 9.97 Å². The molecule has 0 saturated carbocycles. The van der Waals surface area contributed by atoms with Gasteiger partial charge in [-0.15, -0.1) is 0 Å². The van der Waals surface area contributed by atoms with Gasteiger partial charge in [0, 0.05) is 16.5 Å². The number of nitrogens with one attached hydrogen (secondary N) is 2. The van der Waals surface area contributed by atoms with Gasteiger partial charge in [0.15, 0.2) is 0 Å². The van der Waals surface area contributed by atoms with Crippen molar-refractivity contribution in [3.05, 3.63) is 52.6 Å². The van der Waals surface area contributed by atoms with Gasteiger partial charge in [-0.2, -0.15) is 0 Å². The van der Waals surface area contributed by atoms with Crippen LogP contribution in [0, 0.1) is 26.2 Å². The average molecular weight is 308 g/mol. The molecular weight excluding hydrogens is 284 g/mol. The van der Waals surface area contributed by atoms with E-state index < -0.39 is 0 Å². The van der Waals surface area contributed by atoms with Crippen LogP contribution in [0.15, 0.2) is 35.8 Å². The van der Waals surface area contributed by atoms with Crippen LogP contribution in [0.25, 0.3) is 10.9 Å². The molecule has 0 spiro atoms. The van der Waals surface area contributed by atoms with Crippen LogP contribution in [0.1, 0.15) is 37.6 Å². The van der Waals surface area contributed by atoms with Crippen LogP contribution in [-0.2, 0) is 0 Å². The maximum absolute atomic E-state index is 4.72. The van der Waals surface area contributed by atoms with Crippen molar-refractivity contribution in [1.82, 2.24) is 15.3 Å². The molecule has 0 atom stereocenters. The normalized spacial score (nSPS) is 16.6. The van der Waals surface area contributed by atoms with E-state index in [0.717, 1.165) is 28.1 Å². The number of dihydropyridines is 1. The molecule has 4 heteroatoms. The van der Waals surface area contributed by atoms with Crippen molar-refractivity contribution in [1.29, 1.82) is 0 Å². The number of benzene rings is 1. The van der Waals surface area contributed by atoms with Gasteiger partial charge in [0.25, 0.3) is 0 Å². The van der Waals surface area contributed by atoms with Crippen LogP contribution in [0.4, 0.5) is 5.95 Å². The van der Waals surface area contributed by atoms with E-state index in [0.29, 0.717) is 5.95 Å². The fraction of sp³-hybridized carbons (Fsp3) is 0.368. The number of rotatable bonds is 2. The molecule has 0 bridgehead atoms. The summed E-state index contributed by atoms with van der Waals surface area (Å²) < 4.78 is 0. The van der Waals surface area contributed by atoms with Gasteiger partial charge in [0.1, 0.15) is 5.82 Å². The predicted molar refractivity (Wildman–Crippen MR) is 96.1 cm³/mol. The molecule has 1 aromatic carbocycles. The highest BCUT2D eigenvalue weighted by molar-refractivity contribution is 5.85. The summed E-state index contributed by atoms with van der Waals surface area (Å²) in [6.45, 7) is 12.7. The van der Waals surface area contributed by atoms with Crippen molar-refractivity contribution in [2.24, 2.45) is 5.41 Å². The lowest BCUT2D eigenvalue weighted by molar-refractivity contribution is 0.589. The molecular formula is C19H24N4. The average Bonchev–Trinajstić information content (AvgIpc) is 2.37. The molecule has 0 amide bonds. The number of aryl methyl sites for hydroxylation is 3. The SMILES string of the molecule is CC1=CC(C)(C)C=C(Nc2nc(C)c3cc(C)cc(C)c3n2)N1. The van der Waals surface area contributed by atoms with E-state index in [9.17, 15) is 0 Å². The zero-order valence-corrected chi connectivity index (χ0v) is 14.7. The van der Waals surface area contributed by atoms with Crippen LogP contribution < -0.4 is 10.6 Å². The van der Waals surface area contributed by atoms with Crippen LogP contribution >= 0.6 is 0 Å². The number of fused-ring (bicyclic) bond motifs is 1. The minimum Gasteiger partial charge on any atom is -0.346 e.